The Morgan fingerprint density at radius 1 is 1.05 bits per heavy atom. The maximum Gasteiger partial charge on any atom is 0.110 e. The zero-order valence-corrected chi connectivity index (χ0v) is 13.3. The van der Waals surface area contributed by atoms with Crippen molar-refractivity contribution < 1.29 is 0 Å². The molecule has 0 atom stereocenters. The predicted molar refractivity (Wildman–Crippen MR) is 91.6 cm³/mol. The molecule has 0 aliphatic rings. The van der Waals surface area contributed by atoms with Gasteiger partial charge in [-0.05, 0) is 35.4 Å². The minimum atomic E-state index is 0.649. The molecule has 0 bridgehead atoms. The highest BCUT2D eigenvalue weighted by atomic mass is 35.5. The molecule has 0 unspecified atom stereocenters. The van der Waals surface area contributed by atoms with Crippen molar-refractivity contribution in [3.63, 3.8) is 0 Å². The summed E-state index contributed by atoms with van der Waals surface area (Å²) in [6, 6.07) is 13.8. The second kappa shape index (κ2) is 6.86. The first-order valence-electron chi connectivity index (χ1n) is 6.96. The Balaban J connectivity index is 1.61. The van der Waals surface area contributed by atoms with E-state index >= 15 is 0 Å². The monoisotopic (exact) mass is 331 g/mol. The van der Waals surface area contributed by atoms with Crippen LogP contribution in [-0.2, 0) is 13.0 Å². The summed E-state index contributed by atoms with van der Waals surface area (Å²) in [4.78, 5) is 7.34. The number of hydrogen-bond acceptors (Lipinski definition) is 2. The summed E-state index contributed by atoms with van der Waals surface area (Å²) in [6.45, 7) is 0.660. The van der Waals surface area contributed by atoms with E-state index in [2.05, 4.69) is 39.6 Å². The van der Waals surface area contributed by atoms with Gasteiger partial charge in [-0.15, -0.1) is 0 Å². The lowest BCUT2D eigenvalue weighted by molar-refractivity contribution is 1.03. The standard InChI is InChI=1S/C17H15Cl2N3/c18-14-4-3-13(16(19)10-14)11-22-15-5-1-12(2-6-15)9-17-20-7-8-21-17/h1-8,10,22H,9,11H2,(H,20,21). The number of halogens is 2. The van der Waals surface area contributed by atoms with Gasteiger partial charge in [0.2, 0.25) is 0 Å². The summed E-state index contributed by atoms with van der Waals surface area (Å²) < 4.78 is 0. The van der Waals surface area contributed by atoms with E-state index in [1.165, 1.54) is 5.56 Å². The number of nitrogens with one attached hydrogen (secondary N) is 2. The van der Waals surface area contributed by atoms with Gasteiger partial charge in [0, 0.05) is 41.1 Å². The minimum Gasteiger partial charge on any atom is -0.381 e. The summed E-state index contributed by atoms with van der Waals surface area (Å²) in [7, 11) is 0. The first kappa shape index (κ1) is 14.9. The molecule has 0 saturated carbocycles. The van der Waals surface area contributed by atoms with Crippen molar-refractivity contribution in [2.75, 3.05) is 5.32 Å². The maximum absolute atomic E-state index is 6.17. The Morgan fingerprint density at radius 2 is 1.86 bits per heavy atom. The van der Waals surface area contributed by atoms with Crippen LogP contribution >= 0.6 is 23.2 Å². The molecule has 0 spiro atoms. The Hall–Kier alpha value is -1.97. The molecule has 112 valence electrons. The highest BCUT2D eigenvalue weighted by Crippen LogP contribution is 2.22. The lowest BCUT2D eigenvalue weighted by Gasteiger charge is -2.09. The van der Waals surface area contributed by atoms with Crippen LogP contribution in [0.4, 0.5) is 5.69 Å². The van der Waals surface area contributed by atoms with Gasteiger partial charge in [0.1, 0.15) is 5.82 Å². The van der Waals surface area contributed by atoms with Crippen LogP contribution in [0.5, 0.6) is 0 Å². The molecule has 0 aliphatic heterocycles. The van der Waals surface area contributed by atoms with E-state index in [1.54, 1.807) is 12.3 Å². The summed E-state index contributed by atoms with van der Waals surface area (Å²) in [6.07, 6.45) is 4.40. The van der Waals surface area contributed by atoms with Gasteiger partial charge in [0.05, 0.1) is 0 Å². The first-order chi connectivity index (χ1) is 10.7. The number of imidazole rings is 1. The van der Waals surface area contributed by atoms with E-state index in [-0.39, 0.29) is 0 Å². The third kappa shape index (κ3) is 3.81. The molecule has 1 heterocycles. The molecule has 22 heavy (non-hydrogen) atoms. The summed E-state index contributed by atoms with van der Waals surface area (Å²) in [5.41, 5.74) is 3.28. The van der Waals surface area contributed by atoms with Crippen LogP contribution in [0.15, 0.2) is 54.9 Å². The fourth-order valence-corrected chi connectivity index (χ4v) is 2.67. The second-order valence-corrected chi connectivity index (χ2v) is 5.84. The van der Waals surface area contributed by atoms with E-state index in [0.717, 1.165) is 23.5 Å². The fourth-order valence-electron chi connectivity index (χ4n) is 2.19. The third-order valence-corrected chi connectivity index (χ3v) is 3.97. The van der Waals surface area contributed by atoms with Gasteiger partial charge in [-0.2, -0.15) is 0 Å². The smallest absolute Gasteiger partial charge is 0.110 e. The average molecular weight is 332 g/mol. The van der Waals surface area contributed by atoms with Gasteiger partial charge in [0.15, 0.2) is 0 Å². The Morgan fingerprint density at radius 3 is 2.55 bits per heavy atom. The van der Waals surface area contributed by atoms with E-state index in [9.17, 15) is 0 Å². The average Bonchev–Trinajstić information content (AvgIpc) is 3.01. The lowest BCUT2D eigenvalue weighted by atomic mass is 10.1. The molecule has 0 fully saturated rings. The summed E-state index contributed by atoms with van der Waals surface area (Å²) >= 11 is 12.1. The van der Waals surface area contributed by atoms with Crippen molar-refractivity contribution >= 4 is 28.9 Å². The molecule has 0 aliphatic carbocycles. The van der Waals surface area contributed by atoms with E-state index in [4.69, 9.17) is 23.2 Å². The highest BCUT2D eigenvalue weighted by Gasteiger charge is 2.02. The number of anilines is 1. The number of aromatic amines is 1. The van der Waals surface area contributed by atoms with Crippen molar-refractivity contribution in [1.82, 2.24) is 9.97 Å². The molecular formula is C17H15Cl2N3. The van der Waals surface area contributed by atoms with Gasteiger partial charge in [-0.1, -0.05) is 41.4 Å². The van der Waals surface area contributed by atoms with Gasteiger partial charge in [0.25, 0.3) is 0 Å². The zero-order valence-electron chi connectivity index (χ0n) is 11.8. The van der Waals surface area contributed by atoms with Gasteiger partial charge >= 0.3 is 0 Å². The number of aromatic nitrogens is 2. The van der Waals surface area contributed by atoms with Crippen LogP contribution in [0.25, 0.3) is 0 Å². The Bertz CT molecular complexity index is 737. The number of hydrogen-bond donors (Lipinski definition) is 2. The predicted octanol–water partition coefficient (Wildman–Crippen LogP) is 4.92. The largest absolute Gasteiger partial charge is 0.381 e. The normalized spacial score (nSPS) is 10.6. The molecule has 3 aromatic rings. The highest BCUT2D eigenvalue weighted by molar-refractivity contribution is 6.35. The van der Waals surface area contributed by atoms with Crippen molar-refractivity contribution in [2.45, 2.75) is 13.0 Å². The minimum absolute atomic E-state index is 0.649. The van der Waals surface area contributed by atoms with Crippen molar-refractivity contribution in [3.05, 3.63) is 81.9 Å². The SMILES string of the molecule is Clc1ccc(CNc2ccc(Cc3ncc[nH]3)cc2)c(Cl)c1. The lowest BCUT2D eigenvalue weighted by Crippen LogP contribution is -2.00. The second-order valence-electron chi connectivity index (χ2n) is 5.00. The van der Waals surface area contributed by atoms with Crippen LogP contribution in [0.3, 0.4) is 0 Å². The van der Waals surface area contributed by atoms with Crippen molar-refractivity contribution in [3.8, 4) is 0 Å². The van der Waals surface area contributed by atoms with Crippen molar-refractivity contribution in [2.24, 2.45) is 0 Å². The van der Waals surface area contributed by atoms with Gasteiger partial charge in [-0.3, -0.25) is 0 Å². The summed E-state index contributed by atoms with van der Waals surface area (Å²) in [5.74, 6) is 0.966. The fraction of sp³-hybridized carbons (Fsp3) is 0.118. The Kier molecular flexibility index (Phi) is 4.66. The Labute approximate surface area is 139 Å². The van der Waals surface area contributed by atoms with Crippen molar-refractivity contribution in [1.29, 1.82) is 0 Å². The molecule has 5 heteroatoms. The molecule has 1 aromatic heterocycles. The van der Waals surface area contributed by atoms with Crippen LogP contribution in [0, 0.1) is 0 Å². The van der Waals surface area contributed by atoms with Gasteiger partial charge in [-0.25, -0.2) is 4.98 Å². The molecule has 3 nitrogen and oxygen atoms in total. The number of rotatable bonds is 5. The van der Waals surface area contributed by atoms with E-state index < -0.39 is 0 Å². The third-order valence-electron chi connectivity index (χ3n) is 3.38. The first-order valence-corrected chi connectivity index (χ1v) is 7.71. The molecule has 0 saturated heterocycles. The van der Waals surface area contributed by atoms with Crippen LogP contribution in [0.2, 0.25) is 10.0 Å². The van der Waals surface area contributed by atoms with E-state index in [1.807, 2.05) is 18.3 Å². The molecular weight excluding hydrogens is 317 g/mol. The summed E-state index contributed by atoms with van der Waals surface area (Å²) in [5, 5.41) is 4.68. The van der Waals surface area contributed by atoms with Crippen LogP contribution in [0.1, 0.15) is 17.0 Å². The van der Waals surface area contributed by atoms with Gasteiger partial charge < -0.3 is 10.3 Å². The number of benzene rings is 2. The zero-order chi connectivity index (χ0) is 15.4. The molecule has 2 N–H and O–H groups in total. The van der Waals surface area contributed by atoms with E-state index in [0.29, 0.717) is 16.6 Å². The molecule has 2 aromatic carbocycles. The maximum atomic E-state index is 6.17. The number of nitrogens with zero attached hydrogens (tertiary/aromatic N) is 1. The van der Waals surface area contributed by atoms with Crippen LogP contribution < -0.4 is 5.32 Å². The topological polar surface area (TPSA) is 40.7 Å². The number of H-pyrrole nitrogens is 1. The van der Waals surface area contributed by atoms with Crippen LogP contribution in [-0.4, -0.2) is 9.97 Å². The molecule has 0 amide bonds. The molecule has 0 radical (unpaired) electrons. The molecule has 3 rings (SSSR count). The quantitative estimate of drug-likeness (QED) is 0.696.